The number of aromatic nitrogens is 2. The summed E-state index contributed by atoms with van der Waals surface area (Å²) in [7, 11) is 1.36. The van der Waals surface area contributed by atoms with Crippen LogP contribution in [0.3, 0.4) is 0 Å². The number of H-pyrrole nitrogens is 1. The molecule has 3 rings (SSSR count). The summed E-state index contributed by atoms with van der Waals surface area (Å²) < 4.78 is 28.7. The summed E-state index contributed by atoms with van der Waals surface area (Å²) in [4.78, 5) is 25.5. The molecule has 0 saturated carbocycles. The van der Waals surface area contributed by atoms with Gasteiger partial charge in [0.1, 0.15) is 17.8 Å². The quantitative estimate of drug-likeness (QED) is 0.468. The number of nitrogens with one attached hydrogen (secondary N) is 1. The first-order valence-corrected chi connectivity index (χ1v) is 10.5. The van der Waals surface area contributed by atoms with Gasteiger partial charge in [0.2, 0.25) is 0 Å². The van der Waals surface area contributed by atoms with Gasteiger partial charge < -0.3 is 28.2 Å². The number of rotatable bonds is 5. The molecule has 2 saturated heterocycles. The lowest BCUT2D eigenvalue weighted by atomic mass is 9.97. The zero-order chi connectivity index (χ0) is 19.7. The topological polar surface area (TPSA) is 145 Å². The second-order valence-electron chi connectivity index (χ2n) is 5.97. The van der Waals surface area contributed by atoms with Gasteiger partial charge in [-0.25, -0.2) is 4.79 Å². The van der Waals surface area contributed by atoms with E-state index in [1.807, 2.05) is 6.07 Å². The smallest absolute Gasteiger partial charge is 0.330 e. The molecule has 0 aliphatic carbocycles. The van der Waals surface area contributed by atoms with E-state index >= 15 is 0 Å². The number of methoxy groups -OCH3 is 1. The van der Waals surface area contributed by atoms with Crippen molar-refractivity contribution in [1.82, 2.24) is 9.55 Å². The monoisotopic (exact) mass is 419 g/mol. The SMILES string of the molecule is COC1C(O)C2(COP(=S)(OCCC#N)OC2)O[C@H]1n1ccc(=O)[nH]c1=O. The number of nitriles is 1. The van der Waals surface area contributed by atoms with Crippen molar-refractivity contribution in [2.75, 3.05) is 26.9 Å². The van der Waals surface area contributed by atoms with Crippen LogP contribution in [-0.4, -0.2) is 59.4 Å². The second-order valence-corrected chi connectivity index (χ2v) is 8.98. The van der Waals surface area contributed by atoms with Crippen molar-refractivity contribution in [2.45, 2.75) is 30.5 Å². The van der Waals surface area contributed by atoms with Crippen molar-refractivity contribution >= 4 is 18.5 Å². The van der Waals surface area contributed by atoms with E-state index in [0.29, 0.717) is 0 Å². The van der Waals surface area contributed by atoms with E-state index in [0.717, 1.165) is 10.6 Å². The maximum absolute atomic E-state index is 12.1. The molecule has 2 unspecified atom stereocenters. The summed E-state index contributed by atoms with van der Waals surface area (Å²) in [6, 6.07) is 3.08. The fraction of sp³-hybridized carbons (Fsp3) is 0.643. The van der Waals surface area contributed by atoms with Gasteiger partial charge in [-0.05, 0) is 11.8 Å². The van der Waals surface area contributed by atoms with Crippen molar-refractivity contribution in [2.24, 2.45) is 0 Å². The Balaban J connectivity index is 1.80. The van der Waals surface area contributed by atoms with E-state index in [4.69, 9.17) is 40.1 Å². The molecule has 11 nitrogen and oxygen atoms in total. The number of nitrogens with zero attached hydrogens (tertiary/aromatic N) is 2. The van der Waals surface area contributed by atoms with E-state index in [1.165, 1.54) is 13.3 Å². The molecule has 0 aromatic carbocycles. The van der Waals surface area contributed by atoms with E-state index < -0.39 is 42.0 Å². The van der Waals surface area contributed by atoms with Crippen LogP contribution in [0.4, 0.5) is 0 Å². The van der Waals surface area contributed by atoms with Gasteiger partial charge in [0.15, 0.2) is 6.23 Å². The summed E-state index contributed by atoms with van der Waals surface area (Å²) in [6.07, 6.45) is -1.75. The molecule has 1 spiro atoms. The Bertz CT molecular complexity index is 883. The van der Waals surface area contributed by atoms with Crippen LogP contribution in [0.25, 0.3) is 0 Å². The average molecular weight is 419 g/mol. The second kappa shape index (κ2) is 7.90. The molecule has 2 fully saturated rings. The molecule has 0 amide bonds. The van der Waals surface area contributed by atoms with Crippen LogP contribution in [0, 0.1) is 11.3 Å². The minimum atomic E-state index is -3.05. The number of aromatic amines is 1. The average Bonchev–Trinajstić information content (AvgIpc) is 2.90. The highest BCUT2D eigenvalue weighted by atomic mass is 32.5. The number of hydrogen-bond acceptors (Lipinski definition) is 10. The number of aliphatic hydroxyl groups excluding tert-OH is 1. The fourth-order valence-electron chi connectivity index (χ4n) is 2.89. The van der Waals surface area contributed by atoms with Gasteiger partial charge in [0.05, 0.1) is 32.3 Å². The third-order valence-corrected chi connectivity index (χ3v) is 6.62. The molecule has 0 radical (unpaired) electrons. The fourth-order valence-corrected chi connectivity index (χ4v) is 4.72. The Kier molecular flexibility index (Phi) is 5.95. The number of ether oxygens (including phenoxy) is 2. The maximum atomic E-state index is 12.1. The Labute approximate surface area is 158 Å². The Morgan fingerprint density at radius 1 is 1.52 bits per heavy atom. The third kappa shape index (κ3) is 3.91. The molecule has 27 heavy (non-hydrogen) atoms. The highest BCUT2D eigenvalue weighted by Gasteiger charge is 2.59. The molecule has 13 heteroatoms. The number of aliphatic hydroxyl groups is 1. The van der Waals surface area contributed by atoms with Crippen LogP contribution in [-0.2, 0) is 34.9 Å². The van der Waals surface area contributed by atoms with Crippen molar-refractivity contribution in [3.8, 4) is 6.07 Å². The van der Waals surface area contributed by atoms with Crippen molar-refractivity contribution in [3.05, 3.63) is 33.1 Å². The van der Waals surface area contributed by atoms with Crippen LogP contribution < -0.4 is 11.2 Å². The molecule has 1 aromatic heterocycles. The van der Waals surface area contributed by atoms with E-state index in [9.17, 15) is 14.7 Å². The molecular weight excluding hydrogens is 401 g/mol. The van der Waals surface area contributed by atoms with Crippen LogP contribution in [0.2, 0.25) is 0 Å². The molecule has 148 valence electrons. The zero-order valence-electron chi connectivity index (χ0n) is 14.3. The van der Waals surface area contributed by atoms with Gasteiger partial charge >= 0.3 is 12.4 Å². The Morgan fingerprint density at radius 2 is 2.22 bits per heavy atom. The molecule has 3 heterocycles. The van der Waals surface area contributed by atoms with Gasteiger partial charge in [-0.3, -0.25) is 14.3 Å². The summed E-state index contributed by atoms with van der Waals surface area (Å²) in [5.41, 5.74) is -2.60. The molecule has 3 atom stereocenters. The Hall–Kier alpha value is -1.42. The predicted molar refractivity (Wildman–Crippen MR) is 93.4 cm³/mol. The summed E-state index contributed by atoms with van der Waals surface area (Å²) in [5.74, 6) is 0. The van der Waals surface area contributed by atoms with Gasteiger partial charge in [-0.15, -0.1) is 0 Å². The summed E-state index contributed by atoms with van der Waals surface area (Å²) in [6.45, 7) is -3.27. The van der Waals surface area contributed by atoms with Crippen LogP contribution in [0.1, 0.15) is 12.6 Å². The molecule has 2 aliphatic heterocycles. The standard InChI is InChI=1S/C14H18N3O8PS/c1-21-10-11(19)14(7-23-26(27,24-8-14)22-6-2-4-15)25-12(10)17-5-3-9(18)16-13(17)20/h3,5,10-12,19H,2,6-8H2,1H3,(H,16,18,20)/t10?,11?,12-,14?,26?/m1/s1. The lowest BCUT2D eigenvalue weighted by Crippen LogP contribution is -2.52. The molecule has 0 bridgehead atoms. The first kappa shape index (κ1) is 20.3. The number of hydrogen-bond donors (Lipinski definition) is 2. The minimum absolute atomic E-state index is 0.0697. The van der Waals surface area contributed by atoms with Gasteiger partial charge in [-0.2, -0.15) is 5.26 Å². The van der Waals surface area contributed by atoms with E-state index in [-0.39, 0.29) is 26.2 Å². The third-order valence-electron chi connectivity index (χ3n) is 4.28. The highest BCUT2D eigenvalue weighted by molar-refractivity contribution is 8.07. The maximum Gasteiger partial charge on any atom is 0.330 e. The van der Waals surface area contributed by atoms with Crippen molar-refractivity contribution in [1.29, 1.82) is 5.26 Å². The lowest BCUT2D eigenvalue weighted by molar-refractivity contribution is -0.161. The van der Waals surface area contributed by atoms with E-state index in [1.54, 1.807) is 0 Å². The van der Waals surface area contributed by atoms with Crippen LogP contribution in [0.5, 0.6) is 0 Å². The van der Waals surface area contributed by atoms with Crippen molar-refractivity contribution < 1.29 is 28.2 Å². The van der Waals surface area contributed by atoms with Gasteiger partial charge in [-0.1, -0.05) is 0 Å². The molecule has 2 aliphatic rings. The molecule has 2 N–H and O–H groups in total. The Morgan fingerprint density at radius 3 is 2.81 bits per heavy atom. The van der Waals surface area contributed by atoms with Gasteiger partial charge in [0, 0.05) is 19.4 Å². The lowest BCUT2D eigenvalue weighted by Gasteiger charge is -2.39. The first-order chi connectivity index (χ1) is 12.8. The van der Waals surface area contributed by atoms with Gasteiger partial charge in [0.25, 0.3) is 5.56 Å². The largest absolute Gasteiger partial charge is 0.387 e. The van der Waals surface area contributed by atoms with Crippen LogP contribution >= 0.6 is 6.72 Å². The summed E-state index contributed by atoms with van der Waals surface area (Å²) in [5, 5.41) is 19.3. The minimum Gasteiger partial charge on any atom is -0.387 e. The van der Waals surface area contributed by atoms with Crippen LogP contribution in [0.15, 0.2) is 21.9 Å². The first-order valence-electron chi connectivity index (χ1n) is 7.95. The van der Waals surface area contributed by atoms with E-state index in [2.05, 4.69) is 4.98 Å². The molecular formula is C14H18N3O8PS. The normalized spacial score (nSPS) is 36.0. The predicted octanol–water partition coefficient (Wildman–Crippen LogP) is -0.618. The highest BCUT2D eigenvalue weighted by Crippen LogP contribution is 2.56. The van der Waals surface area contributed by atoms with Crippen molar-refractivity contribution in [3.63, 3.8) is 0 Å². The summed E-state index contributed by atoms with van der Waals surface area (Å²) >= 11 is 5.21. The zero-order valence-corrected chi connectivity index (χ0v) is 16.0. The molecule has 1 aromatic rings.